The predicted octanol–water partition coefficient (Wildman–Crippen LogP) is 7.47. The molecule has 0 radical (unpaired) electrons. The number of rotatable bonds is 7. The fourth-order valence-electron chi connectivity index (χ4n) is 5.65. The second-order valence-corrected chi connectivity index (χ2v) is 9.45. The molecule has 4 nitrogen and oxygen atoms in total. The molecule has 198 valence electrons. The first kappa shape index (κ1) is 30.9. The number of hydrogen-bond donors (Lipinski definition) is 1. The van der Waals surface area contributed by atoms with E-state index in [1.165, 1.54) is 29.1 Å². The number of aromatic nitrogens is 2. The largest absolute Gasteiger partial charge is 0.337 e. The second kappa shape index (κ2) is 14.0. The van der Waals surface area contributed by atoms with Gasteiger partial charge in [0.1, 0.15) is 11.9 Å². The standard InChI is InChI=1S/C30H35N4.3ClH/c1-3-19-33-20-22-34(23-21-33,30-24(2)31-29(32-30)27-17-11-6-12-18-27)28(25-13-7-4-8-14-25)26-15-9-5-10-16-26;;;/h4-18,28H,3,19-23H2,1-2H3,(H,31,32);3*1H/q+1;;;. The number of aromatic amines is 1. The van der Waals surface area contributed by atoms with E-state index in [2.05, 4.69) is 115 Å². The number of aryl methyl sites for hydroxylation is 1. The van der Waals surface area contributed by atoms with Gasteiger partial charge in [0, 0.05) is 29.8 Å². The number of imidazole rings is 1. The smallest absolute Gasteiger partial charge is 0.249 e. The highest BCUT2D eigenvalue weighted by Crippen LogP contribution is 2.42. The maximum Gasteiger partial charge on any atom is 0.249 e. The zero-order valence-corrected chi connectivity index (χ0v) is 24.0. The number of nitrogens with one attached hydrogen (secondary N) is 1. The number of halogens is 3. The minimum atomic E-state index is 0. The highest BCUT2D eigenvalue weighted by Gasteiger charge is 2.46. The maximum atomic E-state index is 5.32. The molecule has 5 rings (SSSR count). The summed E-state index contributed by atoms with van der Waals surface area (Å²) in [6.45, 7) is 9.87. The van der Waals surface area contributed by atoms with Crippen molar-refractivity contribution < 1.29 is 0 Å². The topological polar surface area (TPSA) is 31.9 Å². The first-order valence-corrected chi connectivity index (χ1v) is 12.5. The molecule has 1 aromatic heterocycles. The molecule has 1 N–H and O–H groups in total. The molecule has 3 aromatic carbocycles. The van der Waals surface area contributed by atoms with Crippen molar-refractivity contribution in [2.24, 2.45) is 0 Å². The molecule has 0 bridgehead atoms. The van der Waals surface area contributed by atoms with Gasteiger partial charge in [-0.25, -0.2) is 0 Å². The molecule has 1 aliphatic rings. The van der Waals surface area contributed by atoms with E-state index in [0.29, 0.717) is 0 Å². The summed E-state index contributed by atoms with van der Waals surface area (Å²) in [4.78, 5) is 11.6. The van der Waals surface area contributed by atoms with E-state index in [1.807, 2.05) is 0 Å². The van der Waals surface area contributed by atoms with Crippen LogP contribution in [0.4, 0.5) is 5.82 Å². The number of hydrogen-bond acceptors (Lipinski definition) is 2. The second-order valence-electron chi connectivity index (χ2n) is 9.45. The van der Waals surface area contributed by atoms with Gasteiger partial charge in [0.15, 0.2) is 0 Å². The summed E-state index contributed by atoms with van der Waals surface area (Å²) in [7, 11) is 0. The van der Waals surface area contributed by atoms with Crippen molar-refractivity contribution in [1.29, 1.82) is 0 Å². The van der Waals surface area contributed by atoms with Crippen molar-refractivity contribution in [1.82, 2.24) is 19.4 Å². The van der Waals surface area contributed by atoms with Gasteiger partial charge >= 0.3 is 0 Å². The van der Waals surface area contributed by atoms with Crippen LogP contribution >= 0.6 is 37.2 Å². The highest BCUT2D eigenvalue weighted by atomic mass is 35.5. The van der Waals surface area contributed by atoms with E-state index in [-0.39, 0.29) is 43.3 Å². The van der Waals surface area contributed by atoms with Crippen LogP contribution in [0.25, 0.3) is 11.4 Å². The lowest BCUT2D eigenvalue weighted by molar-refractivity contribution is 0.109. The van der Waals surface area contributed by atoms with E-state index < -0.39 is 0 Å². The Morgan fingerprint density at radius 1 is 0.784 bits per heavy atom. The molecule has 0 amide bonds. The molecule has 1 aliphatic heterocycles. The Labute approximate surface area is 239 Å². The van der Waals surface area contributed by atoms with Crippen LogP contribution < -0.4 is 4.48 Å². The van der Waals surface area contributed by atoms with Crippen LogP contribution in [0.1, 0.15) is 36.2 Å². The van der Waals surface area contributed by atoms with Crippen LogP contribution in [0, 0.1) is 6.92 Å². The van der Waals surface area contributed by atoms with Gasteiger partial charge in [0.05, 0.1) is 18.8 Å². The SMILES string of the molecule is CCCN1CC[N+](c2nc(-c3ccccc3)[nH]c2C)(C(c2ccccc2)c2ccccc2)CC1.Cl.Cl.Cl. The molecular formula is C30H38Cl3N4+. The monoisotopic (exact) mass is 559 g/mol. The number of benzene rings is 3. The fraction of sp³-hybridized carbons (Fsp3) is 0.300. The van der Waals surface area contributed by atoms with Gasteiger partial charge in [-0.2, -0.15) is 4.98 Å². The van der Waals surface area contributed by atoms with Crippen LogP contribution in [0.2, 0.25) is 0 Å². The van der Waals surface area contributed by atoms with Crippen molar-refractivity contribution in [2.75, 3.05) is 32.7 Å². The summed E-state index contributed by atoms with van der Waals surface area (Å²) >= 11 is 0. The van der Waals surface area contributed by atoms with Crippen molar-refractivity contribution in [3.8, 4) is 11.4 Å². The van der Waals surface area contributed by atoms with Crippen LogP contribution in [0.15, 0.2) is 91.0 Å². The fourth-order valence-corrected chi connectivity index (χ4v) is 5.65. The zero-order chi connectivity index (χ0) is 23.4. The zero-order valence-electron chi connectivity index (χ0n) is 21.5. The van der Waals surface area contributed by atoms with Gasteiger partial charge in [-0.05, 0) is 19.9 Å². The Bertz CT molecular complexity index is 1150. The molecule has 0 saturated carbocycles. The molecule has 0 atom stereocenters. The molecule has 1 fully saturated rings. The van der Waals surface area contributed by atoms with Crippen LogP contribution in [0.3, 0.4) is 0 Å². The average molecular weight is 561 g/mol. The van der Waals surface area contributed by atoms with Crippen LogP contribution in [-0.2, 0) is 0 Å². The van der Waals surface area contributed by atoms with Crippen molar-refractivity contribution in [3.05, 3.63) is 108 Å². The molecule has 1 saturated heterocycles. The van der Waals surface area contributed by atoms with Gasteiger partial charge in [0.2, 0.25) is 5.82 Å². The maximum absolute atomic E-state index is 5.32. The molecule has 0 aliphatic carbocycles. The van der Waals surface area contributed by atoms with Crippen molar-refractivity contribution in [3.63, 3.8) is 0 Å². The van der Waals surface area contributed by atoms with Crippen molar-refractivity contribution in [2.45, 2.75) is 26.3 Å². The normalized spacial score (nSPS) is 14.8. The molecule has 0 unspecified atom stereocenters. The van der Waals surface area contributed by atoms with Crippen LogP contribution in [-0.4, -0.2) is 47.6 Å². The Kier molecular flexibility index (Phi) is 11.7. The lowest BCUT2D eigenvalue weighted by Crippen LogP contribution is -2.63. The number of quaternary nitrogens is 1. The summed E-state index contributed by atoms with van der Waals surface area (Å²) < 4.78 is 0.837. The lowest BCUT2D eigenvalue weighted by Gasteiger charge is -2.48. The predicted molar refractivity (Wildman–Crippen MR) is 163 cm³/mol. The molecule has 37 heavy (non-hydrogen) atoms. The minimum absolute atomic E-state index is 0. The van der Waals surface area contributed by atoms with E-state index >= 15 is 0 Å². The Balaban J connectivity index is 0.00000160. The lowest BCUT2D eigenvalue weighted by atomic mass is 9.93. The first-order valence-electron chi connectivity index (χ1n) is 12.5. The summed E-state index contributed by atoms with van der Waals surface area (Å²) in [6.07, 6.45) is 1.19. The van der Waals surface area contributed by atoms with Gasteiger partial charge in [-0.1, -0.05) is 97.9 Å². The number of piperazine rings is 1. The van der Waals surface area contributed by atoms with Crippen LogP contribution in [0.5, 0.6) is 0 Å². The van der Waals surface area contributed by atoms with Gasteiger partial charge in [-0.3, -0.25) is 9.38 Å². The van der Waals surface area contributed by atoms with E-state index in [9.17, 15) is 0 Å². The molecular weight excluding hydrogens is 523 g/mol. The van der Waals surface area contributed by atoms with E-state index in [4.69, 9.17) is 4.98 Å². The third-order valence-electron chi connectivity index (χ3n) is 7.22. The third-order valence-corrected chi connectivity index (χ3v) is 7.22. The number of H-pyrrole nitrogens is 1. The summed E-state index contributed by atoms with van der Waals surface area (Å²) in [5.41, 5.74) is 5.00. The Hall–Kier alpha value is -2.34. The average Bonchev–Trinajstić information content (AvgIpc) is 3.29. The van der Waals surface area contributed by atoms with Crippen molar-refractivity contribution >= 4 is 43.0 Å². The van der Waals surface area contributed by atoms with Gasteiger partial charge < -0.3 is 4.98 Å². The Morgan fingerprint density at radius 2 is 1.27 bits per heavy atom. The number of nitrogens with zero attached hydrogens (tertiary/aromatic N) is 3. The highest BCUT2D eigenvalue weighted by molar-refractivity contribution is 5.86. The summed E-state index contributed by atoms with van der Waals surface area (Å²) in [5, 5.41) is 0. The quantitative estimate of drug-likeness (QED) is 0.238. The van der Waals surface area contributed by atoms with E-state index in [1.54, 1.807) is 0 Å². The molecule has 4 aromatic rings. The van der Waals surface area contributed by atoms with Gasteiger partial charge in [-0.15, -0.1) is 37.2 Å². The Morgan fingerprint density at radius 3 is 1.76 bits per heavy atom. The molecule has 2 heterocycles. The molecule has 0 spiro atoms. The first-order chi connectivity index (χ1) is 16.7. The van der Waals surface area contributed by atoms with Gasteiger partial charge in [0.25, 0.3) is 0 Å². The third kappa shape index (κ3) is 6.39. The summed E-state index contributed by atoms with van der Waals surface area (Å²) in [6, 6.07) is 32.7. The minimum Gasteiger partial charge on any atom is -0.337 e. The van der Waals surface area contributed by atoms with E-state index in [0.717, 1.165) is 48.6 Å². The molecule has 7 heteroatoms. The summed E-state index contributed by atoms with van der Waals surface area (Å²) in [5.74, 6) is 2.13.